The maximum Gasteiger partial charge on any atom is 0.347 e. The summed E-state index contributed by atoms with van der Waals surface area (Å²) in [7, 11) is 0. The van der Waals surface area contributed by atoms with Crippen LogP contribution in [0.25, 0.3) is 0 Å². The molecular weight excluding hydrogens is 282 g/mol. The van der Waals surface area contributed by atoms with Crippen molar-refractivity contribution in [2.45, 2.75) is 38.8 Å². The molecule has 3 heterocycles. The topological polar surface area (TPSA) is 83.9 Å². The number of hydrogen-bond acceptors (Lipinski definition) is 4. The van der Waals surface area contributed by atoms with E-state index in [1.165, 1.54) is 10.8 Å². The molecule has 22 heavy (non-hydrogen) atoms. The summed E-state index contributed by atoms with van der Waals surface area (Å²) >= 11 is 0. The molecule has 3 rings (SSSR count). The summed E-state index contributed by atoms with van der Waals surface area (Å²) in [6.45, 7) is 2.72. The smallest absolute Gasteiger partial charge is 0.333 e. The summed E-state index contributed by atoms with van der Waals surface area (Å²) in [4.78, 5) is 29.8. The maximum absolute atomic E-state index is 12.6. The fourth-order valence-corrected chi connectivity index (χ4v) is 2.97. The van der Waals surface area contributed by atoms with Crippen LogP contribution in [-0.4, -0.2) is 37.1 Å². The van der Waals surface area contributed by atoms with Gasteiger partial charge in [-0.2, -0.15) is 5.10 Å². The Morgan fingerprint density at radius 1 is 1.45 bits per heavy atom. The summed E-state index contributed by atoms with van der Waals surface area (Å²) in [6, 6.07) is 1.66. The molecule has 1 aliphatic rings. The van der Waals surface area contributed by atoms with Crippen molar-refractivity contribution in [1.29, 1.82) is 0 Å². The maximum atomic E-state index is 12.6. The van der Waals surface area contributed by atoms with Crippen LogP contribution in [0.3, 0.4) is 0 Å². The van der Waals surface area contributed by atoms with Gasteiger partial charge in [-0.1, -0.05) is 0 Å². The van der Waals surface area contributed by atoms with E-state index in [2.05, 4.69) is 15.2 Å². The summed E-state index contributed by atoms with van der Waals surface area (Å²) in [5.74, 6) is -0.0613. The minimum atomic E-state index is -0.401. The van der Waals surface area contributed by atoms with Crippen LogP contribution in [-0.2, 0) is 11.3 Å². The van der Waals surface area contributed by atoms with Crippen molar-refractivity contribution in [3.8, 4) is 0 Å². The number of carbonyl (C=O) groups excluding carboxylic acids is 1. The van der Waals surface area contributed by atoms with E-state index in [9.17, 15) is 9.59 Å². The summed E-state index contributed by atoms with van der Waals surface area (Å²) in [5, 5.41) is 7.07. The highest BCUT2D eigenvalue weighted by Crippen LogP contribution is 2.31. The molecule has 1 amide bonds. The lowest BCUT2D eigenvalue weighted by Gasteiger charge is -2.35. The zero-order valence-electron chi connectivity index (χ0n) is 12.5. The second-order valence-electron chi connectivity index (χ2n) is 5.60. The molecule has 0 radical (unpaired) electrons. The van der Waals surface area contributed by atoms with E-state index in [0.29, 0.717) is 6.54 Å². The Kier molecular flexibility index (Phi) is 4.04. The van der Waals surface area contributed by atoms with Crippen LogP contribution in [0.2, 0.25) is 0 Å². The lowest BCUT2D eigenvalue weighted by atomic mass is 9.97. The van der Waals surface area contributed by atoms with Crippen molar-refractivity contribution in [2.24, 2.45) is 0 Å². The van der Waals surface area contributed by atoms with Gasteiger partial charge in [0.2, 0.25) is 5.91 Å². The van der Waals surface area contributed by atoms with Crippen molar-refractivity contribution in [1.82, 2.24) is 24.6 Å². The van der Waals surface area contributed by atoms with E-state index < -0.39 is 5.69 Å². The number of H-pyrrole nitrogens is 1. The van der Waals surface area contributed by atoms with Gasteiger partial charge in [0.05, 0.1) is 17.9 Å². The number of nitrogens with one attached hydrogen (secondary N) is 1. The molecule has 7 heteroatoms. The number of piperidine rings is 1. The minimum absolute atomic E-state index is 0.0103. The van der Waals surface area contributed by atoms with Crippen LogP contribution >= 0.6 is 0 Å². The Balaban J connectivity index is 1.82. The molecule has 1 fully saturated rings. The fourth-order valence-electron chi connectivity index (χ4n) is 2.97. The number of rotatable bonds is 3. The van der Waals surface area contributed by atoms with Crippen LogP contribution < -0.4 is 5.69 Å². The molecule has 2 aromatic rings. The predicted molar refractivity (Wildman–Crippen MR) is 80.1 cm³/mol. The zero-order chi connectivity index (χ0) is 15.5. The summed E-state index contributed by atoms with van der Waals surface area (Å²) < 4.78 is 1.34. The molecule has 0 unspecified atom stereocenters. The van der Waals surface area contributed by atoms with E-state index in [4.69, 9.17) is 0 Å². The molecule has 1 saturated heterocycles. The first-order chi connectivity index (χ1) is 10.7. The van der Waals surface area contributed by atoms with Gasteiger partial charge in [0, 0.05) is 18.9 Å². The van der Waals surface area contributed by atoms with E-state index >= 15 is 0 Å². The van der Waals surface area contributed by atoms with Crippen molar-refractivity contribution in [3.05, 3.63) is 46.4 Å². The fraction of sp³-hybridized carbons (Fsp3) is 0.467. The lowest BCUT2D eigenvalue weighted by molar-refractivity contribution is -0.135. The Morgan fingerprint density at radius 2 is 2.32 bits per heavy atom. The second-order valence-corrected chi connectivity index (χ2v) is 5.60. The van der Waals surface area contributed by atoms with Gasteiger partial charge in [0.15, 0.2) is 0 Å². The highest BCUT2D eigenvalue weighted by molar-refractivity contribution is 5.76. The molecule has 0 saturated carbocycles. The van der Waals surface area contributed by atoms with Crippen LogP contribution in [0.4, 0.5) is 0 Å². The van der Waals surface area contributed by atoms with Crippen molar-refractivity contribution < 1.29 is 4.79 Å². The van der Waals surface area contributed by atoms with Gasteiger partial charge in [0.1, 0.15) is 6.54 Å². The molecule has 1 N–H and O–H groups in total. The highest BCUT2D eigenvalue weighted by atomic mass is 16.2. The summed E-state index contributed by atoms with van der Waals surface area (Å²) in [5.41, 5.74) is 1.65. The first-order valence-corrected chi connectivity index (χ1v) is 7.47. The average molecular weight is 301 g/mol. The predicted octanol–water partition coefficient (Wildman–Crippen LogP) is 1.03. The average Bonchev–Trinajstić information content (AvgIpc) is 2.95. The van der Waals surface area contributed by atoms with Crippen LogP contribution in [0, 0.1) is 6.92 Å². The SMILES string of the molecule is Cc1cn[nH]c1[C@@H]1CCCCN1C(=O)Cn1cccnc1=O. The Labute approximate surface area is 128 Å². The largest absolute Gasteiger partial charge is 0.347 e. The number of likely N-dealkylation sites (tertiary alicyclic amines) is 1. The van der Waals surface area contributed by atoms with Gasteiger partial charge in [-0.25, -0.2) is 9.78 Å². The van der Waals surface area contributed by atoms with Crippen molar-refractivity contribution >= 4 is 5.91 Å². The first-order valence-electron chi connectivity index (χ1n) is 7.47. The van der Waals surface area contributed by atoms with Crippen LogP contribution in [0.15, 0.2) is 29.5 Å². The molecule has 0 aromatic carbocycles. The number of carbonyl (C=O) groups is 1. The Hall–Kier alpha value is -2.44. The minimum Gasteiger partial charge on any atom is -0.333 e. The van der Waals surface area contributed by atoms with Crippen LogP contribution in [0.1, 0.15) is 36.6 Å². The second kappa shape index (κ2) is 6.13. The molecule has 0 aliphatic carbocycles. The van der Waals surface area contributed by atoms with E-state index in [-0.39, 0.29) is 18.5 Å². The lowest BCUT2D eigenvalue weighted by Crippen LogP contribution is -2.42. The normalized spacial score (nSPS) is 18.4. The van der Waals surface area contributed by atoms with Crippen LogP contribution in [0.5, 0.6) is 0 Å². The third-order valence-corrected chi connectivity index (χ3v) is 4.11. The van der Waals surface area contributed by atoms with Crippen molar-refractivity contribution in [2.75, 3.05) is 6.54 Å². The van der Waals surface area contributed by atoms with E-state index in [1.54, 1.807) is 18.5 Å². The molecule has 2 aromatic heterocycles. The number of aromatic nitrogens is 4. The Morgan fingerprint density at radius 3 is 3.05 bits per heavy atom. The van der Waals surface area contributed by atoms with Crippen molar-refractivity contribution in [3.63, 3.8) is 0 Å². The van der Waals surface area contributed by atoms with Gasteiger partial charge in [-0.3, -0.25) is 14.5 Å². The summed E-state index contributed by atoms with van der Waals surface area (Å²) in [6.07, 6.45) is 7.78. The molecular formula is C15H19N5O2. The molecule has 0 spiro atoms. The molecule has 116 valence electrons. The standard InChI is InChI=1S/C15H19N5O2/c1-11-9-17-18-14(11)12-5-2-3-8-20(12)13(21)10-19-7-4-6-16-15(19)22/h4,6-7,9,12H,2-3,5,8,10H2,1H3,(H,17,18)/t12-/m0/s1. The third-order valence-electron chi connectivity index (χ3n) is 4.11. The van der Waals surface area contributed by atoms with Gasteiger partial charge in [-0.05, 0) is 37.8 Å². The quantitative estimate of drug-likeness (QED) is 0.917. The van der Waals surface area contributed by atoms with Gasteiger partial charge in [-0.15, -0.1) is 0 Å². The Bertz CT molecular complexity index is 720. The van der Waals surface area contributed by atoms with Gasteiger partial charge < -0.3 is 4.90 Å². The monoisotopic (exact) mass is 301 g/mol. The zero-order valence-corrected chi connectivity index (χ0v) is 12.5. The number of amides is 1. The number of hydrogen-bond donors (Lipinski definition) is 1. The molecule has 1 aliphatic heterocycles. The third kappa shape index (κ3) is 2.79. The number of aromatic amines is 1. The first kappa shape index (κ1) is 14.5. The van der Waals surface area contributed by atoms with E-state index in [1.807, 2.05) is 11.8 Å². The number of aryl methyl sites for hydroxylation is 1. The van der Waals surface area contributed by atoms with E-state index in [0.717, 1.165) is 30.5 Å². The molecule has 0 bridgehead atoms. The van der Waals surface area contributed by atoms with Gasteiger partial charge >= 0.3 is 5.69 Å². The molecule has 7 nitrogen and oxygen atoms in total. The number of nitrogens with zero attached hydrogens (tertiary/aromatic N) is 4. The molecule has 1 atom stereocenters. The highest BCUT2D eigenvalue weighted by Gasteiger charge is 2.30. The van der Waals surface area contributed by atoms with Gasteiger partial charge in [0.25, 0.3) is 0 Å².